The van der Waals surface area contributed by atoms with E-state index in [1.54, 1.807) is 6.92 Å². The number of rotatable bonds is 7. The number of hydrogen-bond acceptors (Lipinski definition) is 5. The Hall–Kier alpha value is -0.910. The molecule has 0 aliphatic rings. The highest BCUT2D eigenvalue weighted by molar-refractivity contribution is 5.86. The molecule has 0 aliphatic heterocycles. The Balaban J connectivity index is 3.78. The number of carbonyl (C=O) groups is 1. The Morgan fingerprint density at radius 1 is 1.57 bits per heavy atom. The zero-order chi connectivity index (χ0) is 11.0. The lowest BCUT2D eigenvalue weighted by atomic mass is 10.4. The minimum absolute atomic E-state index is 0.0785. The largest absolute Gasteiger partial charge is 0.430 e. The van der Waals surface area contributed by atoms with Crippen LogP contribution in [0, 0.1) is 0 Å². The van der Waals surface area contributed by atoms with Gasteiger partial charge >= 0.3 is 5.97 Å². The van der Waals surface area contributed by atoms with Gasteiger partial charge in [-0.2, -0.15) is 0 Å². The second-order valence-corrected chi connectivity index (χ2v) is 2.65. The van der Waals surface area contributed by atoms with Gasteiger partial charge in [0, 0.05) is 12.7 Å². The molecule has 0 amide bonds. The van der Waals surface area contributed by atoms with Crippen LogP contribution in [-0.2, 0) is 19.0 Å². The summed E-state index contributed by atoms with van der Waals surface area (Å²) in [5.41, 5.74) is 0.300. The highest BCUT2D eigenvalue weighted by Crippen LogP contribution is 2.00. The number of esters is 1. The first kappa shape index (κ1) is 13.1. The molecule has 1 unspecified atom stereocenters. The first-order chi connectivity index (χ1) is 6.61. The number of hydrogen-bond donors (Lipinski definition) is 1. The number of aliphatic hydroxyl groups is 1. The molecular formula is C9H16O5. The lowest BCUT2D eigenvalue weighted by Gasteiger charge is -2.15. The molecule has 5 nitrogen and oxygen atoms in total. The van der Waals surface area contributed by atoms with Crippen LogP contribution in [0.4, 0.5) is 0 Å². The molecule has 0 spiro atoms. The van der Waals surface area contributed by atoms with Gasteiger partial charge in [-0.1, -0.05) is 6.58 Å². The summed E-state index contributed by atoms with van der Waals surface area (Å²) >= 11 is 0. The predicted molar refractivity (Wildman–Crippen MR) is 49.6 cm³/mol. The standard InChI is InChI=1S/C9H16O5/c1-7(2)9(11)14-8(12-3)6-13-5-4-10/h8,10H,1,4-6H2,2-3H3. The Labute approximate surface area is 83.3 Å². The molecular weight excluding hydrogens is 188 g/mol. The van der Waals surface area contributed by atoms with Gasteiger partial charge in [0.05, 0.1) is 13.2 Å². The van der Waals surface area contributed by atoms with Gasteiger partial charge in [-0.25, -0.2) is 4.79 Å². The topological polar surface area (TPSA) is 65.0 Å². The van der Waals surface area contributed by atoms with E-state index >= 15 is 0 Å². The summed E-state index contributed by atoms with van der Waals surface area (Å²) in [5.74, 6) is -0.524. The quantitative estimate of drug-likeness (QED) is 0.275. The van der Waals surface area contributed by atoms with E-state index in [0.717, 1.165) is 0 Å². The molecule has 0 rings (SSSR count). The van der Waals surface area contributed by atoms with Crippen LogP contribution in [-0.4, -0.2) is 44.3 Å². The van der Waals surface area contributed by atoms with Gasteiger partial charge in [0.1, 0.15) is 6.61 Å². The van der Waals surface area contributed by atoms with Crippen molar-refractivity contribution in [3.8, 4) is 0 Å². The molecule has 82 valence electrons. The average molecular weight is 204 g/mol. The lowest BCUT2D eigenvalue weighted by Crippen LogP contribution is -2.26. The van der Waals surface area contributed by atoms with Gasteiger partial charge < -0.3 is 19.3 Å². The molecule has 1 N–H and O–H groups in total. The van der Waals surface area contributed by atoms with Crippen molar-refractivity contribution in [1.82, 2.24) is 0 Å². The molecule has 0 saturated heterocycles. The summed E-state index contributed by atoms with van der Waals surface area (Å²) in [6.07, 6.45) is -0.759. The van der Waals surface area contributed by atoms with E-state index in [1.807, 2.05) is 0 Å². The number of carbonyl (C=O) groups excluding carboxylic acids is 1. The van der Waals surface area contributed by atoms with Crippen molar-refractivity contribution in [3.05, 3.63) is 12.2 Å². The fraction of sp³-hybridized carbons (Fsp3) is 0.667. The molecule has 0 aromatic rings. The second-order valence-electron chi connectivity index (χ2n) is 2.65. The molecule has 0 radical (unpaired) electrons. The third kappa shape index (κ3) is 5.69. The van der Waals surface area contributed by atoms with Crippen molar-refractivity contribution >= 4 is 5.97 Å². The second kappa shape index (κ2) is 7.49. The Morgan fingerprint density at radius 2 is 2.21 bits per heavy atom. The minimum Gasteiger partial charge on any atom is -0.430 e. The molecule has 0 saturated carbocycles. The first-order valence-corrected chi connectivity index (χ1v) is 4.19. The number of ether oxygens (including phenoxy) is 3. The normalized spacial score (nSPS) is 12.2. The molecule has 14 heavy (non-hydrogen) atoms. The minimum atomic E-state index is -0.759. The van der Waals surface area contributed by atoms with E-state index in [9.17, 15) is 4.79 Å². The van der Waals surface area contributed by atoms with E-state index in [-0.39, 0.29) is 19.8 Å². The molecule has 0 heterocycles. The van der Waals surface area contributed by atoms with Crippen molar-refractivity contribution < 1.29 is 24.1 Å². The fourth-order valence-electron chi connectivity index (χ4n) is 0.614. The van der Waals surface area contributed by atoms with Crippen LogP contribution in [0.1, 0.15) is 6.92 Å². The smallest absolute Gasteiger partial charge is 0.335 e. The number of aliphatic hydroxyl groups excluding tert-OH is 1. The van der Waals surface area contributed by atoms with Crippen molar-refractivity contribution in [2.75, 3.05) is 26.9 Å². The number of methoxy groups -OCH3 is 1. The van der Waals surface area contributed by atoms with Crippen LogP contribution < -0.4 is 0 Å². The maximum absolute atomic E-state index is 11.0. The van der Waals surface area contributed by atoms with Crippen molar-refractivity contribution in [2.24, 2.45) is 0 Å². The van der Waals surface area contributed by atoms with E-state index < -0.39 is 12.3 Å². The van der Waals surface area contributed by atoms with E-state index in [1.165, 1.54) is 7.11 Å². The zero-order valence-electron chi connectivity index (χ0n) is 8.49. The van der Waals surface area contributed by atoms with Gasteiger partial charge in [-0.3, -0.25) is 0 Å². The molecule has 0 aromatic heterocycles. The van der Waals surface area contributed by atoms with E-state index in [0.29, 0.717) is 5.57 Å². The van der Waals surface area contributed by atoms with Crippen LogP contribution in [0.5, 0.6) is 0 Å². The van der Waals surface area contributed by atoms with Crippen molar-refractivity contribution in [1.29, 1.82) is 0 Å². The zero-order valence-corrected chi connectivity index (χ0v) is 8.49. The van der Waals surface area contributed by atoms with E-state index in [2.05, 4.69) is 6.58 Å². The van der Waals surface area contributed by atoms with Gasteiger partial charge in [-0.15, -0.1) is 0 Å². The summed E-state index contributed by atoms with van der Waals surface area (Å²) in [5, 5.41) is 8.43. The SMILES string of the molecule is C=C(C)C(=O)OC(COCCO)OC. The summed E-state index contributed by atoms with van der Waals surface area (Å²) in [4.78, 5) is 11.0. The third-order valence-corrected chi connectivity index (χ3v) is 1.34. The molecule has 0 aromatic carbocycles. The first-order valence-electron chi connectivity index (χ1n) is 4.19. The summed E-state index contributed by atoms with van der Waals surface area (Å²) in [7, 11) is 1.40. The molecule has 0 aliphatic carbocycles. The Bertz CT molecular complexity index is 190. The molecule has 5 heteroatoms. The Morgan fingerprint density at radius 3 is 2.64 bits per heavy atom. The van der Waals surface area contributed by atoms with Gasteiger partial charge in [-0.05, 0) is 6.92 Å². The summed E-state index contributed by atoms with van der Waals surface area (Å²) < 4.78 is 14.6. The van der Waals surface area contributed by atoms with Crippen LogP contribution in [0.25, 0.3) is 0 Å². The highest BCUT2D eigenvalue weighted by atomic mass is 16.7. The molecule has 0 bridgehead atoms. The average Bonchev–Trinajstić information content (AvgIpc) is 2.16. The monoisotopic (exact) mass is 204 g/mol. The van der Waals surface area contributed by atoms with Crippen LogP contribution in [0.2, 0.25) is 0 Å². The summed E-state index contributed by atoms with van der Waals surface area (Å²) in [6.45, 7) is 5.17. The lowest BCUT2D eigenvalue weighted by molar-refractivity contribution is -0.180. The van der Waals surface area contributed by atoms with Gasteiger partial charge in [0.25, 0.3) is 0 Å². The van der Waals surface area contributed by atoms with Crippen LogP contribution in [0.3, 0.4) is 0 Å². The van der Waals surface area contributed by atoms with Gasteiger partial charge in [0.2, 0.25) is 6.29 Å². The maximum atomic E-state index is 11.0. The predicted octanol–water partition coefficient (Wildman–Crippen LogP) is 0.0871. The van der Waals surface area contributed by atoms with E-state index in [4.69, 9.17) is 19.3 Å². The molecule has 0 fully saturated rings. The fourth-order valence-corrected chi connectivity index (χ4v) is 0.614. The summed E-state index contributed by atoms with van der Waals surface area (Å²) in [6, 6.07) is 0. The maximum Gasteiger partial charge on any atom is 0.335 e. The van der Waals surface area contributed by atoms with Gasteiger partial charge in [0.15, 0.2) is 0 Å². The van der Waals surface area contributed by atoms with Crippen LogP contribution in [0.15, 0.2) is 12.2 Å². The third-order valence-electron chi connectivity index (χ3n) is 1.34. The van der Waals surface area contributed by atoms with Crippen molar-refractivity contribution in [2.45, 2.75) is 13.2 Å². The molecule has 1 atom stereocenters. The highest BCUT2D eigenvalue weighted by Gasteiger charge is 2.13. The van der Waals surface area contributed by atoms with Crippen molar-refractivity contribution in [3.63, 3.8) is 0 Å². The Kier molecular flexibility index (Phi) is 7.00. The van der Waals surface area contributed by atoms with Crippen LogP contribution >= 0.6 is 0 Å².